The first kappa shape index (κ1) is 26.0. The molecule has 0 aliphatic carbocycles. The van der Waals surface area contributed by atoms with Gasteiger partial charge in [-0.15, -0.1) is 0 Å². The molecule has 35 heavy (non-hydrogen) atoms. The van der Waals surface area contributed by atoms with Crippen molar-refractivity contribution in [2.24, 2.45) is 0 Å². The maximum atomic E-state index is 13.6. The van der Waals surface area contributed by atoms with E-state index >= 15 is 0 Å². The van der Waals surface area contributed by atoms with Crippen molar-refractivity contribution in [1.29, 1.82) is 0 Å². The number of unbranched alkanes of at least 4 members (excludes halogenated alkanes) is 1. The predicted octanol–water partition coefficient (Wildman–Crippen LogP) is 4.67. The van der Waals surface area contributed by atoms with Gasteiger partial charge in [0.15, 0.2) is 0 Å². The van der Waals surface area contributed by atoms with Gasteiger partial charge in [-0.3, -0.25) is 13.9 Å². The van der Waals surface area contributed by atoms with Gasteiger partial charge in [-0.2, -0.15) is 0 Å². The zero-order valence-corrected chi connectivity index (χ0v) is 21.1. The summed E-state index contributed by atoms with van der Waals surface area (Å²) in [6.45, 7) is 5.78. The van der Waals surface area contributed by atoms with Crippen LogP contribution in [0.4, 0.5) is 11.4 Å². The minimum Gasteiger partial charge on any atom is -0.352 e. The fourth-order valence-corrected chi connectivity index (χ4v) is 5.05. The Morgan fingerprint density at radius 3 is 2.23 bits per heavy atom. The molecule has 0 atom stereocenters. The van der Waals surface area contributed by atoms with E-state index in [2.05, 4.69) is 10.6 Å². The van der Waals surface area contributed by atoms with Crippen LogP contribution in [0.15, 0.2) is 77.7 Å². The largest absolute Gasteiger partial charge is 0.352 e. The van der Waals surface area contributed by atoms with Gasteiger partial charge in [0, 0.05) is 6.54 Å². The number of anilines is 2. The number of aryl methyl sites for hydroxylation is 2. The third-order valence-electron chi connectivity index (χ3n) is 5.54. The van der Waals surface area contributed by atoms with E-state index in [9.17, 15) is 18.0 Å². The lowest BCUT2D eigenvalue weighted by Crippen LogP contribution is -2.39. The van der Waals surface area contributed by atoms with Crippen LogP contribution in [0.3, 0.4) is 0 Å². The molecule has 3 aromatic carbocycles. The first-order valence-electron chi connectivity index (χ1n) is 11.6. The zero-order chi connectivity index (χ0) is 25.4. The summed E-state index contributed by atoms with van der Waals surface area (Å²) in [5.74, 6) is -0.852. The maximum Gasteiger partial charge on any atom is 0.264 e. The lowest BCUT2D eigenvalue weighted by Gasteiger charge is -2.26. The van der Waals surface area contributed by atoms with Crippen LogP contribution in [0.1, 0.15) is 41.3 Å². The highest BCUT2D eigenvalue weighted by Gasteiger charge is 2.28. The van der Waals surface area contributed by atoms with Crippen molar-refractivity contribution in [2.45, 2.75) is 38.5 Å². The van der Waals surface area contributed by atoms with Gasteiger partial charge in [-0.05, 0) is 56.2 Å². The van der Waals surface area contributed by atoms with Crippen LogP contribution in [0.5, 0.6) is 0 Å². The summed E-state index contributed by atoms with van der Waals surface area (Å²) in [5.41, 5.74) is 2.70. The molecule has 0 aliphatic heterocycles. The summed E-state index contributed by atoms with van der Waals surface area (Å²) in [6, 6.07) is 20.2. The maximum absolute atomic E-state index is 13.6. The quantitative estimate of drug-likeness (QED) is 0.401. The average molecular weight is 494 g/mol. The van der Waals surface area contributed by atoms with Crippen LogP contribution in [0.2, 0.25) is 0 Å². The van der Waals surface area contributed by atoms with Gasteiger partial charge < -0.3 is 10.6 Å². The number of benzene rings is 3. The van der Waals surface area contributed by atoms with Crippen molar-refractivity contribution in [3.63, 3.8) is 0 Å². The molecular weight excluding hydrogens is 462 g/mol. The van der Waals surface area contributed by atoms with Crippen LogP contribution in [0, 0.1) is 13.8 Å². The Hall–Kier alpha value is -3.65. The fraction of sp³-hybridized carbons (Fsp3) is 0.259. The second-order valence-corrected chi connectivity index (χ2v) is 10.2. The van der Waals surface area contributed by atoms with Crippen molar-refractivity contribution in [3.05, 3.63) is 89.5 Å². The summed E-state index contributed by atoms with van der Waals surface area (Å²) in [6.07, 6.45) is 1.80. The van der Waals surface area contributed by atoms with E-state index < -0.39 is 22.5 Å². The predicted molar refractivity (Wildman–Crippen MR) is 139 cm³/mol. The van der Waals surface area contributed by atoms with Gasteiger partial charge in [-0.25, -0.2) is 8.42 Å². The van der Waals surface area contributed by atoms with Gasteiger partial charge in [0.1, 0.15) is 6.54 Å². The number of rotatable bonds is 10. The molecule has 0 fully saturated rings. The molecule has 2 N–H and O–H groups in total. The number of carbonyl (C=O) groups is 2. The Kier molecular flexibility index (Phi) is 8.65. The molecule has 2 amide bonds. The van der Waals surface area contributed by atoms with Crippen molar-refractivity contribution in [2.75, 3.05) is 22.7 Å². The fourth-order valence-electron chi connectivity index (χ4n) is 3.56. The van der Waals surface area contributed by atoms with Crippen molar-refractivity contribution in [1.82, 2.24) is 5.32 Å². The van der Waals surface area contributed by atoms with Crippen molar-refractivity contribution < 1.29 is 18.0 Å². The molecule has 7 nitrogen and oxygen atoms in total. The van der Waals surface area contributed by atoms with Crippen LogP contribution >= 0.6 is 0 Å². The smallest absolute Gasteiger partial charge is 0.264 e. The highest BCUT2D eigenvalue weighted by atomic mass is 32.2. The number of carbonyl (C=O) groups excluding carboxylic acids is 2. The van der Waals surface area contributed by atoms with Crippen LogP contribution in [-0.4, -0.2) is 33.3 Å². The standard InChI is InChI=1S/C27H31N3O4S/c1-4-5-18-28-27(32)23-11-7-8-12-24(23)29-26(31)19-30(25-13-9-6-10-21(25)3)35(33,34)22-16-14-20(2)15-17-22/h6-17H,4-5,18-19H2,1-3H3,(H,28,32)(H,29,31). The van der Waals surface area contributed by atoms with Crippen LogP contribution in [0.25, 0.3) is 0 Å². The SMILES string of the molecule is CCCCNC(=O)c1ccccc1NC(=O)CN(c1ccccc1C)S(=O)(=O)c1ccc(C)cc1. The van der Waals surface area contributed by atoms with E-state index in [4.69, 9.17) is 0 Å². The molecule has 0 bridgehead atoms. The molecule has 0 spiro atoms. The van der Waals surface area contributed by atoms with E-state index in [1.165, 1.54) is 12.1 Å². The third-order valence-corrected chi connectivity index (χ3v) is 7.32. The summed E-state index contributed by atoms with van der Waals surface area (Å²) in [7, 11) is -4.03. The van der Waals surface area contributed by atoms with E-state index in [0.717, 1.165) is 22.7 Å². The third kappa shape index (κ3) is 6.48. The van der Waals surface area contributed by atoms with Gasteiger partial charge >= 0.3 is 0 Å². The first-order chi connectivity index (χ1) is 16.7. The van der Waals surface area contributed by atoms with E-state index in [-0.39, 0.29) is 10.8 Å². The zero-order valence-electron chi connectivity index (χ0n) is 20.2. The molecule has 0 aromatic heterocycles. The number of sulfonamides is 1. The Morgan fingerprint density at radius 2 is 1.54 bits per heavy atom. The number of hydrogen-bond donors (Lipinski definition) is 2. The minimum absolute atomic E-state index is 0.0925. The number of amides is 2. The summed E-state index contributed by atoms with van der Waals surface area (Å²) in [4.78, 5) is 25.8. The number of hydrogen-bond acceptors (Lipinski definition) is 4. The lowest BCUT2D eigenvalue weighted by atomic mass is 10.1. The molecule has 3 aromatic rings. The molecule has 184 valence electrons. The molecule has 0 saturated carbocycles. The van der Waals surface area contributed by atoms with Crippen molar-refractivity contribution >= 4 is 33.2 Å². The Labute approximate surface area is 207 Å². The minimum atomic E-state index is -4.03. The number of para-hydroxylation sites is 2. The Morgan fingerprint density at radius 1 is 0.886 bits per heavy atom. The summed E-state index contributed by atoms with van der Waals surface area (Å²) < 4.78 is 28.3. The van der Waals surface area contributed by atoms with Crippen LogP contribution in [-0.2, 0) is 14.8 Å². The van der Waals surface area contributed by atoms with E-state index in [1.54, 1.807) is 61.5 Å². The molecule has 0 unspecified atom stereocenters. The summed E-state index contributed by atoms with van der Waals surface area (Å²) >= 11 is 0. The first-order valence-corrected chi connectivity index (χ1v) is 13.0. The molecule has 8 heteroatoms. The normalized spacial score (nSPS) is 11.1. The lowest BCUT2D eigenvalue weighted by molar-refractivity contribution is -0.114. The second-order valence-electron chi connectivity index (χ2n) is 8.31. The number of nitrogens with zero attached hydrogens (tertiary/aromatic N) is 1. The van der Waals surface area contributed by atoms with Crippen molar-refractivity contribution in [3.8, 4) is 0 Å². The highest BCUT2D eigenvalue weighted by molar-refractivity contribution is 7.92. The Balaban J connectivity index is 1.90. The van der Waals surface area contributed by atoms with Crippen LogP contribution < -0.4 is 14.9 Å². The number of nitrogens with one attached hydrogen (secondary N) is 2. The van der Waals surface area contributed by atoms with Gasteiger partial charge in [-0.1, -0.05) is 61.4 Å². The topological polar surface area (TPSA) is 95.6 Å². The van der Waals surface area contributed by atoms with E-state index in [0.29, 0.717) is 29.0 Å². The molecule has 0 saturated heterocycles. The molecule has 3 rings (SSSR count). The van der Waals surface area contributed by atoms with Gasteiger partial charge in [0.2, 0.25) is 5.91 Å². The van der Waals surface area contributed by atoms with Gasteiger partial charge in [0.25, 0.3) is 15.9 Å². The van der Waals surface area contributed by atoms with E-state index in [1.807, 2.05) is 19.9 Å². The van der Waals surface area contributed by atoms with Gasteiger partial charge in [0.05, 0.1) is 21.8 Å². The molecule has 0 radical (unpaired) electrons. The summed E-state index contributed by atoms with van der Waals surface area (Å²) in [5, 5.41) is 5.57. The molecular formula is C27H31N3O4S. The average Bonchev–Trinajstić information content (AvgIpc) is 2.84. The monoisotopic (exact) mass is 493 g/mol. The second kappa shape index (κ2) is 11.7. The molecule has 0 heterocycles. The molecule has 0 aliphatic rings. The highest BCUT2D eigenvalue weighted by Crippen LogP contribution is 2.27. The Bertz CT molecular complexity index is 1290.